The van der Waals surface area contributed by atoms with Crippen LogP contribution in [0.15, 0.2) is 0 Å². The van der Waals surface area contributed by atoms with Crippen LogP contribution in [0.3, 0.4) is 0 Å². The van der Waals surface area contributed by atoms with Gasteiger partial charge in [-0.25, -0.2) is 9.97 Å². The minimum absolute atomic E-state index is 0.577. The number of nitrogens with zero attached hydrogens (tertiary/aromatic N) is 3. The van der Waals surface area contributed by atoms with Crippen molar-refractivity contribution < 1.29 is 0 Å². The van der Waals surface area contributed by atoms with Gasteiger partial charge >= 0.3 is 0 Å². The molecule has 0 spiro atoms. The maximum atomic E-state index is 6.34. The maximum absolute atomic E-state index is 6.34. The van der Waals surface area contributed by atoms with Crippen molar-refractivity contribution >= 4 is 17.4 Å². The highest BCUT2D eigenvalue weighted by Crippen LogP contribution is 2.38. The number of anilines is 1. The van der Waals surface area contributed by atoms with Crippen LogP contribution in [0, 0.1) is 19.8 Å². The van der Waals surface area contributed by atoms with E-state index in [4.69, 9.17) is 16.6 Å². The quantitative estimate of drug-likeness (QED) is 0.822. The van der Waals surface area contributed by atoms with E-state index in [0.717, 1.165) is 29.7 Å². The molecule has 19 heavy (non-hydrogen) atoms. The monoisotopic (exact) mass is 279 g/mol. The maximum Gasteiger partial charge on any atom is 0.171 e. The topological polar surface area (TPSA) is 29.0 Å². The van der Waals surface area contributed by atoms with Crippen molar-refractivity contribution in [2.24, 2.45) is 5.92 Å². The Morgan fingerprint density at radius 2 is 1.68 bits per heavy atom. The predicted molar refractivity (Wildman–Crippen MR) is 78.8 cm³/mol. The highest BCUT2D eigenvalue weighted by Gasteiger charge is 2.35. The molecule has 1 aromatic heterocycles. The second kappa shape index (κ2) is 5.28. The van der Waals surface area contributed by atoms with Crippen molar-refractivity contribution in [1.82, 2.24) is 9.97 Å². The van der Waals surface area contributed by atoms with Gasteiger partial charge < -0.3 is 4.90 Å². The molecule has 1 unspecified atom stereocenters. The molecule has 3 nitrogen and oxygen atoms in total. The Hall–Kier alpha value is -0.830. The van der Waals surface area contributed by atoms with E-state index in [-0.39, 0.29) is 0 Å². The van der Waals surface area contributed by atoms with E-state index in [9.17, 15) is 0 Å². The molecule has 2 fully saturated rings. The van der Waals surface area contributed by atoms with Crippen LogP contribution in [0.2, 0.25) is 5.15 Å². The molecular formula is C15H22ClN3. The van der Waals surface area contributed by atoms with Gasteiger partial charge in [-0.3, -0.25) is 0 Å². The summed E-state index contributed by atoms with van der Waals surface area (Å²) >= 11 is 6.34. The molecule has 1 aliphatic heterocycles. The van der Waals surface area contributed by atoms with E-state index >= 15 is 0 Å². The summed E-state index contributed by atoms with van der Waals surface area (Å²) in [4.78, 5) is 11.6. The lowest BCUT2D eigenvalue weighted by atomic mass is 9.96. The van der Waals surface area contributed by atoms with E-state index in [0.29, 0.717) is 11.2 Å². The fourth-order valence-corrected chi connectivity index (χ4v) is 3.91. The van der Waals surface area contributed by atoms with Gasteiger partial charge in [-0.15, -0.1) is 0 Å². The average Bonchev–Trinajstić information content (AvgIpc) is 3.03. The first-order valence-corrected chi connectivity index (χ1v) is 7.82. The van der Waals surface area contributed by atoms with Gasteiger partial charge in [0, 0.05) is 12.6 Å². The molecule has 0 N–H and O–H groups in total. The van der Waals surface area contributed by atoms with E-state index in [1.165, 1.54) is 38.5 Å². The zero-order chi connectivity index (χ0) is 13.4. The second-order valence-corrected chi connectivity index (χ2v) is 6.31. The zero-order valence-corrected chi connectivity index (χ0v) is 12.6. The summed E-state index contributed by atoms with van der Waals surface area (Å²) in [5, 5.41) is 0.577. The lowest BCUT2D eigenvalue weighted by Crippen LogP contribution is -2.35. The van der Waals surface area contributed by atoms with Gasteiger partial charge in [0.2, 0.25) is 0 Å². The zero-order valence-electron chi connectivity index (χ0n) is 11.8. The van der Waals surface area contributed by atoms with Crippen LogP contribution < -0.4 is 4.90 Å². The molecule has 0 amide bonds. The molecule has 104 valence electrons. The van der Waals surface area contributed by atoms with Crippen molar-refractivity contribution in [3.63, 3.8) is 0 Å². The molecule has 3 rings (SSSR count). The molecule has 0 radical (unpaired) electrons. The Labute approximate surface area is 120 Å². The minimum atomic E-state index is 0.577. The highest BCUT2D eigenvalue weighted by atomic mass is 35.5. The van der Waals surface area contributed by atoms with Crippen molar-refractivity contribution in [3.8, 4) is 0 Å². The van der Waals surface area contributed by atoms with Crippen molar-refractivity contribution in [3.05, 3.63) is 16.5 Å². The lowest BCUT2D eigenvalue weighted by molar-refractivity contribution is 0.429. The summed E-state index contributed by atoms with van der Waals surface area (Å²) in [6, 6.07) is 0.636. The third-order valence-electron chi connectivity index (χ3n) is 4.76. The number of halogens is 1. The van der Waals surface area contributed by atoms with Crippen LogP contribution >= 0.6 is 11.6 Å². The lowest BCUT2D eigenvalue weighted by Gasteiger charge is -2.31. The Kier molecular flexibility index (Phi) is 3.66. The van der Waals surface area contributed by atoms with Gasteiger partial charge in [0.15, 0.2) is 11.0 Å². The van der Waals surface area contributed by atoms with Crippen molar-refractivity contribution in [2.75, 3.05) is 11.4 Å². The van der Waals surface area contributed by atoms with E-state index in [2.05, 4.69) is 9.88 Å². The fourth-order valence-electron chi connectivity index (χ4n) is 3.63. The van der Waals surface area contributed by atoms with Gasteiger partial charge in [-0.2, -0.15) is 0 Å². The van der Waals surface area contributed by atoms with Gasteiger partial charge in [0.1, 0.15) is 0 Å². The highest BCUT2D eigenvalue weighted by molar-refractivity contribution is 6.31. The number of aryl methyl sites for hydroxylation is 2. The summed E-state index contributed by atoms with van der Waals surface area (Å²) in [5.41, 5.74) is 1.93. The van der Waals surface area contributed by atoms with Crippen LogP contribution in [0.4, 0.5) is 5.82 Å². The number of hydrogen-bond acceptors (Lipinski definition) is 3. The molecule has 4 heteroatoms. The molecule has 0 aromatic carbocycles. The molecule has 1 atom stereocenters. The Bertz CT molecular complexity index is 469. The molecule has 2 heterocycles. The third-order valence-corrected chi connectivity index (χ3v) is 5.02. The van der Waals surface area contributed by atoms with Crippen LogP contribution in [0.5, 0.6) is 0 Å². The normalized spacial score (nSPS) is 24.4. The largest absolute Gasteiger partial charge is 0.351 e. The molecule has 2 aliphatic rings. The first-order chi connectivity index (χ1) is 9.16. The minimum Gasteiger partial charge on any atom is -0.351 e. The summed E-state index contributed by atoms with van der Waals surface area (Å²) in [6.45, 7) is 5.07. The SMILES string of the molecule is Cc1nc(Cl)c(N2CCCC2C2CCCC2)nc1C. The van der Waals surface area contributed by atoms with Crippen molar-refractivity contribution in [1.29, 1.82) is 0 Å². The Balaban J connectivity index is 1.89. The average molecular weight is 280 g/mol. The summed E-state index contributed by atoms with van der Waals surface area (Å²) in [5.74, 6) is 1.75. The van der Waals surface area contributed by atoms with Gasteiger partial charge in [0.25, 0.3) is 0 Å². The Morgan fingerprint density at radius 1 is 1.00 bits per heavy atom. The van der Waals surface area contributed by atoms with Crippen molar-refractivity contribution in [2.45, 2.75) is 58.4 Å². The third kappa shape index (κ3) is 2.45. The summed E-state index contributed by atoms with van der Waals surface area (Å²) in [7, 11) is 0. The Morgan fingerprint density at radius 3 is 2.42 bits per heavy atom. The number of rotatable bonds is 2. The van der Waals surface area contributed by atoms with Crippen LogP contribution in [0.1, 0.15) is 49.9 Å². The van der Waals surface area contributed by atoms with Gasteiger partial charge in [-0.1, -0.05) is 24.4 Å². The summed E-state index contributed by atoms with van der Waals surface area (Å²) in [6.07, 6.45) is 8.07. The fraction of sp³-hybridized carbons (Fsp3) is 0.733. The smallest absolute Gasteiger partial charge is 0.171 e. The van der Waals surface area contributed by atoms with Gasteiger partial charge in [0.05, 0.1) is 11.4 Å². The number of hydrogen-bond donors (Lipinski definition) is 0. The molecule has 1 saturated carbocycles. The molecule has 0 bridgehead atoms. The first kappa shape index (κ1) is 13.2. The standard InChI is InChI=1S/C15H22ClN3/c1-10-11(2)18-15(14(16)17-10)19-9-5-8-13(19)12-6-3-4-7-12/h12-13H,3-9H2,1-2H3. The van der Waals surface area contributed by atoms with E-state index in [1.807, 2.05) is 13.8 Å². The van der Waals surface area contributed by atoms with Crippen LogP contribution in [-0.2, 0) is 0 Å². The van der Waals surface area contributed by atoms with E-state index < -0.39 is 0 Å². The molecule has 1 aromatic rings. The second-order valence-electron chi connectivity index (χ2n) is 5.96. The molecule has 1 aliphatic carbocycles. The van der Waals surface area contributed by atoms with Crippen LogP contribution in [0.25, 0.3) is 0 Å². The first-order valence-electron chi connectivity index (χ1n) is 7.44. The number of aromatic nitrogens is 2. The molecular weight excluding hydrogens is 258 g/mol. The van der Waals surface area contributed by atoms with E-state index in [1.54, 1.807) is 0 Å². The van der Waals surface area contributed by atoms with Gasteiger partial charge in [-0.05, 0) is 45.4 Å². The molecule has 1 saturated heterocycles. The predicted octanol–water partition coefficient (Wildman–Crippen LogP) is 3.91. The van der Waals surface area contributed by atoms with Crippen LogP contribution in [-0.4, -0.2) is 22.6 Å². The summed E-state index contributed by atoms with van der Waals surface area (Å²) < 4.78 is 0.